The summed E-state index contributed by atoms with van der Waals surface area (Å²) in [5.41, 5.74) is 7.16. The number of hydrogen-bond acceptors (Lipinski definition) is 3. The standard InChI is InChI=1S/C11H17N3/c1-2-3-6-9-13-14-11-8-5-4-7-10(11)12/h4-5,7-8H,2-3,6,9,12H2,1H3/b14-13+. The molecule has 1 rings (SSSR count). The van der Waals surface area contributed by atoms with Gasteiger partial charge in [-0.05, 0) is 18.6 Å². The van der Waals surface area contributed by atoms with Gasteiger partial charge in [-0.3, -0.25) is 0 Å². The van der Waals surface area contributed by atoms with E-state index < -0.39 is 0 Å². The highest BCUT2D eigenvalue weighted by Gasteiger charge is 1.92. The highest BCUT2D eigenvalue weighted by Crippen LogP contribution is 2.20. The molecular formula is C11H17N3. The van der Waals surface area contributed by atoms with E-state index >= 15 is 0 Å². The van der Waals surface area contributed by atoms with Gasteiger partial charge in [-0.25, -0.2) is 0 Å². The Morgan fingerprint density at radius 2 is 2.00 bits per heavy atom. The molecular weight excluding hydrogens is 174 g/mol. The number of azo groups is 1. The predicted molar refractivity (Wildman–Crippen MR) is 59.8 cm³/mol. The number of rotatable bonds is 5. The normalized spacial score (nSPS) is 10.9. The van der Waals surface area contributed by atoms with Gasteiger partial charge in [-0.2, -0.15) is 10.2 Å². The fourth-order valence-corrected chi connectivity index (χ4v) is 1.14. The molecule has 0 saturated carbocycles. The average Bonchev–Trinajstić information content (AvgIpc) is 2.20. The number of benzene rings is 1. The summed E-state index contributed by atoms with van der Waals surface area (Å²) in [4.78, 5) is 0. The number of unbranched alkanes of at least 4 members (excludes halogenated alkanes) is 2. The molecule has 0 amide bonds. The van der Waals surface area contributed by atoms with E-state index in [1.807, 2.05) is 24.3 Å². The summed E-state index contributed by atoms with van der Waals surface area (Å²) in [6.45, 7) is 2.97. The van der Waals surface area contributed by atoms with Gasteiger partial charge in [0, 0.05) is 0 Å². The Bertz CT molecular complexity index is 294. The molecule has 0 aromatic heterocycles. The molecule has 3 nitrogen and oxygen atoms in total. The van der Waals surface area contributed by atoms with Crippen LogP contribution in [0.15, 0.2) is 34.5 Å². The van der Waals surface area contributed by atoms with Crippen LogP contribution in [0.4, 0.5) is 11.4 Å². The van der Waals surface area contributed by atoms with Gasteiger partial charge in [-0.1, -0.05) is 31.9 Å². The molecule has 3 heteroatoms. The van der Waals surface area contributed by atoms with Crippen molar-refractivity contribution in [1.29, 1.82) is 0 Å². The Balaban J connectivity index is 2.40. The number of hydrogen-bond donors (Lipinski definition) is 1. The minimum absolute atomic E-state index is 0.687. The van der Waals surface area contributed by atoms with Gasteiger partial charge in [-0.15, -0.1) is 0 Å². The maximum absolute atomic E-state index is 5.71. The SMILES string of the molecule is CCCCC/N=N/c1ccccc1N. The van der Waals surface area contributed by atoms with Crippen molar-refractivity contribution in [1.82, 2.24) is 0 Å². The lowest BCUT2D eigenvalue weighted by Gasteiger charge is -1.96. The molecule has 1 aromatic carbocycles. The second-order valence-electron chi connectivity index (χ2n) is 3.23. The maximum Gasteiger partial charge on any atom is 0.108 e. The molecule has 0 aliphatic carbocycles. The molecule has 76 valence electrons. The van der Waals surface area contributed by atoms with Gasteiger partial charge in [0.25, 0.3) is 0 Å². The molecule has 0 aliphatic rings. The van der Waals surface area contributed by atoms with Gasteiger partial charge >= 0.3 is 0 Å². The summed E-state index contributed by atoms with van der Waals surface area (Å²) in [7, 11) is 0. The quantitative estimate of drug-likeness (QED) is 0.432. The van der Waals surface area contributed by atoms with Crippen LogP contribution in [0.25, 0.3) is 0 Å². The lowest BCUT2D eigenvalue weighted by Crippen LogP contribution is -1.84. The molecule has 0 radical (unpaired) electrons. The topological polar surface area (TPSA) is 50.7 Å². The Morgan fingerprint density at radius 1 is 1.21 bits per heavy atom. The van der Waals surface area contributed by atoms with E-state index in [2.05, 4.69) is 17.2 Å². The molecule has 1 aromatic rings. The van der Waals surface area contributed by atoms with Crippen molar-refractivity contribution in [2.45, 2.75) is 26.2 Å². The molecule has 0 unspecified atom stereocenters. The first-order valence-electron chi connectivity index (χ1n) is 5.06. The van der Waals surface area contributed by atoms with Crippen LogP contribution in [0.3, 0.4) is 0 Å². The third-order valence-corrected chi connectivity index (χ3v) is 1.98. The van der Waals surface area contributed by atoms with Gasteiger partial charge in [0.1, 0.15) is 5.69 Å². The zero-order valence-corrected chi connectivity index (χ0v) is 8.61. The summed E-state index contributed by atoms with van der Waals surface area (Å²) in [6.07, 6.45) is 3.53. The number of nitrogens with two attached hydrogens (primary N) is 1. The molecule has 0 fully saturated rings. The van der Waals surface area contributed by atoms with E-state index in [4.69, 9.17) is 5.73 Å². The van der Waals surface area contributed by atoms with Crippen LogP contribution < -0.4 is 5.73 Å². The third kappa shape index (κ3) is 3.56. The molecule has 2 N–H and O–H groups in total. The van der Waals surface area contributed by atoms with E-state index in [0.717, 1.165) is 18.7 Å². The van der Waals surface area contributed by atoms with E-state index in [0.29, 0.717) is 5.69 Å². The number of para-hydroxylation sites is 1. The fourth-order valence-electron chi connectivity index (χ4n) is 1.14. The molecule has 14 heavy (non-hydrogen) atoms. The monoisotopic (exact) mass is 191 g/mol. The van der Waals surface area contributed by atoms with Crippen molar-refractivity contribution >= 4 is 11.4 Å². The van der Waals surface area contributed by atoms with Gasteiger partial charge in [0.05, 0.1) is 12.2 Å². The fraction of sp³-hybridized carbons (Fsp3) is 0.455. The van der Waals surface area contributed by atoms with Gasteiger partial charge in [0.2, 0.25) is 0 Å². The van der Waals surface area contributed by atoms with Crippen LogP contribution in [0.5, 0.6) is 0 Å². The van der Waals surface area contributed by atoms with Crippen molar-refractivity contribution in [3.8, 4) is 0 Å². The Kier molecular flexibility index (Phi) is 4.69. The van der Waals surface area contributed by atoms with E-state index in [1.54, 1.807) is 0 Å². The van der Waals surface area contributed by atoms with Crippen LogP contribution >= 0.6 is 0 Å². The van der Waals surface area contributed by atoms with Crippen LogP contribution in [0, 0.1) is 0 Å². The molecule has 0 atom stereocenters. The van der Waals surface area contributed by atoms with E-state index in [9.17, 15) is 0 Å². The van der Waals surface area contributed by atoms with Crippen molar-refractivity contribution in [3.63, 3.8) is 0 Å². The average molecular weight is 191 g/mol. The third-order valence-electron chi connectivity index (χ3n) is 1.98. The second-order valence-corrected chi connectivity index (χ2v) is 3.23. The van der Waals surface area contributed by atoms with Crippen LogP contribution in [-0.2, 0) is 0 Å². The van der Waals surface area contributed by atoms with Gasteiger partial charge in [0.15, 0.2) is 0 Å². The lowest BCUT2D eigenvalue weighted by molar-refractivity contribution is 0.713. The van der Waals surface area contributed by atoms with E-state index in [-0.39, 0.29) is 0 Å². The summed E-state index contributed by atoms with van der Waals surface area (Å²) in [5, 5.41) is 8.16. The summed E-state index contributed by atoms with van der Waals surface area (Å²) < 4.78 is 0. The van der Waals surface area contributed by atoms with Crippen LogP contribution in [0.1, 0.15) is 26.2 Å². The van der Waals surface area contributed by atoms with Crippen molar-refractivity contribution in [2.75, 3.05) is 12.3 Å². The highest BCUT2D eigenvalue weighted by atomic mass is 15.1. The molecule has 0 bridgehead atoms. The molecule has 0 aliphatic heterocycles. The summed E-state index contributed by atoms with van der Waals surface area (Å²) >= 11 is 0. The first-order valence-corrected chi connectivity index (χ1v) is 5.06. The maximum atomic E-state index is 5.71. The first-order chi connectivity index (χ1) is 6.84. The first kappa shape index (κ1) is 10.7. The zero-order chi connectivity index (χ0) is 10.2. The Labute approximate surface area is 85.0 Å². The Hall–Kier alpha value is -1.38. The lowest BCUT2D eigenvalue weighted by atomic mass is 10.2. The number of anilines is 1. The van der Waals surface area contributed by atoms with Crippen molar-refractivity contribution in [2.24, 2.45) is 10.2 Å². The van der Waals surface area contributed by atoms with Crippen LogP contribution in [-0.4, -0.2) is 6.54 Å². The predicted octanol–water partition coefficient (Wildman–Crippen LogP) is 3.54. The summed E-state index contributed by atoms with van der Waals surface area (Å²) in [6, 6.07) is 7.52. The zero-order valence-electron chi connectivity index (χ0n) is 8.61. The number of nitrogen functional groups attached to an aromatic ring is 1. The summed E-state index contributed by atoms with van der Waals surface area (Å²) in [5.74, 6) is 0. The second kappa shape index (κ2) is 6.13. The molecule has 0 saturated heterocycles. The van der Waals surface area contributed by atoms with Crippen LogP contribution in [0.2, 0.25) is 0 Å². The Morgan fingerprint density at radius 3 is 2.71 bits per heavy atom. The minimum atomic E-state index is 0.687. The smallest absolute Gasteiger partial charge is 0.108 e. The molecule has 0 spiro atoms. The number of nitrogens with zero attached hydrogens (tertiary/aromatic N) is 2. The highest BCUT2D eigenvalue weighted by molar-refractivity contribution is 5.61. The van der Waals surface area contributed by atoms with Crippen molar-refractivity contribution in [3.05, 3.63) is 24.3 Å². The molecule has 0 heterocycles. The largest absolute Gasteiger partial charge is 0.397 e. The van der Waals surface area contributed by atoms with Gasteiger partial charge < -0.3 is 5.73 Å². The van der Waals surface area contributed by atoms with E-state index in [1.165, 1.54) is 12.8 Å². The van der Waals surface area contributed by atoms with Crippen molar-refractivity contribution < 1.29 is 0 Å². The minimum Gasteiger partial charge on any atom is -0.397 e.